The van der Waals surface area contributed by atoms with E-state index in [1.807, 2.05) is 27.7 Å². The topological polar surface area (TPSA) is 71.1 Å². The Balaban J connectivity index is 2.03. The molecular weight excluding hydrogens is 674 g/mol. The molecule has 8 heteroatoms. The first-order valence-corrected chi connectivity index (χ1v) is 24.2. The predicted molar refractivity (Wildman–Crippen MR) is 216 cm³/mol. The monoisotopic (exact) mass is 746 g/mol. The maximum absolute atomic E-state index is 13.7. The third kappa shape index (κ3) is 13.5. The molecule has 0 fully saturated rings. The van der Waals surface area contributed by atoms with Crippen LogP contribution in [0.15, 0.2) is 36.4 Å². The number of rotatable bonds is 30. The van der Waals surface area contributed by atoms with Gasteiger partial charge in [0, 0.05) is 5.41 Å². The van der Waals surface area contributed by atoms with Gasteiger partial charge < -0.3 is 18.1 Å². The molecule has 3 rings (SSSR count). The van der Waals surface area contributed by atoms with Gasteiger partial charge in [-0.3, -0.25) is 9.13 Å². The second-order valence-electron chi connectivity index (χ2n) is 14.5. The van der Waals surface area contributed by atoms with Crippen LogP contribution in [-0.2, 0) is 45.0 Å². The van der Waals surface area contributed by atoms with Gasteiger partial charge in [-0.2, -0.15) is 0 Å². The van der Waals surface area contributed by atoms with E-state index >= 15 is 0 Å². The highest BCUT2D eigenvalue weighted by Gasteiger charge is 2.43. The molecule has 1 aliphatic carbocycles. The van der Waals surface area contributed by atoms with Crippen molar-refractivity contribution in [1.82, 2.24) is 0 Å². The number of fused-ring (bicyclic) bond motifs is 3. The maximum atomic E-state index is 13.7. The number of benzene rings is 2. The van der Waals surface area contributed by atoms with Crippen LogP contribution in [0.5, 0.6) is 0 Å². The Morgan fingerprint density at radius 3 is 1.08 bits per heavy atom. The minimum atomic E-state index is -3.27. The van der Waals surface area contributed by atoms with Crippen LogP contribution in [0.3, 0.4) is 0 Å². The fourth-order valence-corrected chi connectivity index (χ4v) is 11.4. The van der Waals surface area contributed by atoms with Gasteiger partial charge in [-0.05, 0) is 73.9 Å². The second kappa shape index (κ2) is 23.5. The number of unbranched alkanes of at least 4 members (excludes halogenated alkanes) is 14. The molecule has 0 saturated heterocycles. The lowest BCUT2D eigenvalue weighted by atomic mass is 9.70. The van der Waals surface area contributed by atoms with E-state index in [0.717, 1.165) is 36.8 Å². The Morgan fingerprint density at radius 2 is 0.765 bits per heavy atom. The van der Waals surface area contributed by atoms with Crippen LogP contribution >= 0.6 is 15.2 Å². The van der Waals surface area contributed by atoms with Gasteiger partial charge in [-0.25, -0.2) is 0 Å². The summed E-state index contributed by atoms with van der Waals surface area (Å²) >= 11 is 0. The molecule has 0 saturated carbocycles. The quantitative estimate of drug-likeness (QED) is 0.0585. The molecule has 0 bridgehead atoms. The van der Waals surface area contributed by atoms with Gasteiger partial charge in [-0.1, -0.05) is 153 Å². The number of hydrogen-bond acceptors (Lipinski definition) is 6. The molecule has 290 valence electrons. The van der Waals surface area contributed by atoms with E-state index in [1.54, 1.807) is 0 Å². The van der Waals surface area contributed by atoms with E-state index < -0.39 is 15.2 Å². The zero-order chi connectivity index (χ0) is 37.0. The number of hydrogen-bond donors (Lipinski definition) is 0. The molecule has 6 nitrogen and oxygen atoms in total. The van der Waals surface area contributed by atoms with Gasteiger partial charge in [0.15, 0.2) is 0 Å². The van der Waals surface area contributed by atoms with Crippen molar-refractivity contribution in [3.05, 3.63) is 58.7 Å². The lowest BCUT2D eigenvalue weighted by molar-refractivity contribution is 0.218. The lowest BCUT2D eigenvalue weighted by Crippen LogP contribution is -2.26. The summed E-state index contributed by atoms with van der Waals surface area (Å²) < 4.78 is 50.4. The Labute approximate surface area is 312 Å². The molecule has 0 radical (unpaired) electrons. The van der Waals surface area contributed by atoms with Crippen molar-refractivity contribution < 1.29 is 27.2 Å². The van der Waals surface area contributed by atoms with Crippen molar-refractivity contribution in [2.24, 2.45) is 0 Å². The highest BCUT2D eigenvalue weighted by atomic mass is 31.2. The summed E-state index contributed by atoms with van der Waals surface area (Å²) in [5.41, 5.74) is 7.04. The summed E-state index contributed by atoms with van der Waals surface area (Å²) in [6.07, 6.45) is 23.1. The minimum absolute atomic E-state index is 0.177. The predicted octanol–water partition coefficient (Wildman–Crippen LogP) is 14.5. The van der Waals surface area contributed by atoms with E-state index in [-0.39, 0.29) is 17.7 Å². The smallest absolute Gasteiger partial charge is 0.309 e. The van der Waals surface area contributed by atoms with E-state index in [4.69, 9.17) is 18.1 Å². The molecule has 1 aliphatic rings. The van der Waals surface area contributed by atoms with Gasteiger partial charge in [0.05, 0.1) is 38.8 Å². The maximum Gasteiger partial charge on any atom is 0.335 e. The molecular formula is C43H72O6P2. The van der Waals surface area contributed by atoms with E-state index in [1.165, 1.54) is 112 Å². The summed E-state index contributed by atoms with van der Waals surface area (Å²) in [7, 11) is -6.54. The molecule has 0 spiro atoms. The van der Waals surface area contributed by atoms with Gasteiger partial charge >= 0.3 is 15.2 Å². The molecule has 2 aromatic carbocycles. The van der Waals surface area contributed by atoms with Gasteiger partial charge in [0.25, 0.3) is 0 Å². The third-order valence-electron chi connectivity index (χ3n) is 10.5. The Hall–Kier alpha value is -1.26. The van der Waals surface area contributed by atoms with Crippen molar-refractivity contribution in [2.75, 3.05) is 26.4 Å². The normalized spacial score (nSPS) is 13.8. The van der Waals surface area contributed by atoms with Crippen molar-refractivity contribution in [1.29, 1.82) is 0 Å². The zero-order valence-corrected chi connectivity index (χ0v) is 35.1. The largest absolute Gasteiger partial charge is 0.335 e. The summed E-state index contributed by atoms with van der Waals surface area (Å²) in [5.74, 6) is 0. The second-order valence-corrected chi connectivity index (χ2v) is 18.6. The van der Waals surface area contributed by atoms with Crippen molar-refractivity contribution in [2.45, 2.75) is 175 Å². The van der Waals surface area contributed by atoms with Crippen LogP contribution in [0, 0.1) is 0 Å². The summed E-state index contributed by atoms with van der Waals surface area (Å²) in [4.78, 5) is 0. The van der Waals surface area contributed by atoms with E-state index in [9.17, 15) is 9.13 Å². The fourth-order valence-electron chi connectivity index (χ4n) is 8.06. The Morgan fingerprint density at radius 1 is 0.451 bits per heavy atom. The summed E-state index contributed by atoms with van der Waals surface area (Å²) in [5, 5.41) is 0. The van der Waals surface area contributed by atoms with Gasteiger partial charge in [0.2, 0.25) is 0 Å². The molecule has 0 unspecified atom stereocenters. The first-order valence-electron chi connectivity index (χ1n) is 20.8. The van der Waals surface area contributed by atoms with Crippen LogP contribution in [0.1, 0.15) is 179 Å². The Kier molecular flexibility index (Phi) is 20.3. The lowest BCUT2D eigenvalue weighted by Gasteiger charge is -2.33. The van der Waals surface area contributed by atoms with Gasteiger partial charge in [-0.15, -0.1) is 0 Å². The van der Waals surface area contributed by atoms with E-state index in [2.05, 4.69) is 50.2 Å². The Bertz CT molecular complexity index is 1250. The summed E-state index contributed by atoms with van der Waals surface area (Å²) in [6, 6.07) is 13.3. The van der Waals surface area contributed by atoms with Crippen molar-refractivity contribution in [3.8, 4) is 11.1 Å². The van der Waals surface area contributed by atoms with Crippen molar-refractivity contribution in [3.63, 3.8) is 0 Å². The molecule has 51 heavy (non-hydrogen) atoms. The molecule has 0 atom stereocenters. The molecule has 0 heterocycles. The van der Waals surface area contributed by atoms with Crippen LogP contribution in [0.4, 0.5) is 0 Å². The first-order chi connectivity index (χ1) is 24.7. The van der Waals surface area contributed by atoms with Crippen LogP contribution in [0.25, 0.3) is 11.1 Å². The first kappa shape index (κ1) is 44.1. The fraction of sp³-hybridized carbons (Fsp3) is 0.721. The van der Waals surface area contributed by atoms with E-state index in [0.29, 0.717) is 26.4 Å². The van der Waals surface area contributed by atoms with Crippen molar-refractivity contribution >= 4 is 15.2 Å². The molecule has 0 N–H and O–H groups in total. The average molecular weight is 747 g/mol. The van der Waals surface area contributed by atoms with Gasteiger partial charge in [0.1, 0.15) is 0 Å². The standard InChI is InChI=1S/C43H72O6P2/c1-7-13-15-17-19-21-23-25-31-43(32-26-24-22-20-18-16-14-8-2)41-33-37(35-50(44,46-9-3)47-10-4)27-29-39(41)40-30-28-38(34-42(40)43)36-51(45,48-11-5)49-12-6/h27-30,33-34H,7-26,31-32,35-36H2,1-6H3. The summed E-state index contributed by atoms with van der Waals surface area (Å²) in [6.45, 7) is 13.4. The molecule has 0 aliphatic heterocycles. The zero-order valence-electron chi connectivity index (χ0n) is 33.3. The highest BCUT2D eigenvalue weighted by Crippen LogP contribution is 2.58. The van der Waals surface area contributed by atoms with Crippen LogP contribution in [-0.4, -0.2) is 26.4 Å². The van der Waals surface area contributed by atoms with Crippen LogP contribution < -0.4 is 0 Å². The van der Waals surface area contributed by atoms with Crippen LogP contribution in [0.2, 0.25) is 0 Å². The minimum Gasteiger partial charge on any atom is -0.309 e. The SMILES string of the molecule is CCCCCCCCCCC1(CCCCCCCCCC)c2cc(CP(=O)(OCC)OCC)ccc2-c2ccc(CP(=O)(OCC)OCC)cc21. The highest BCUT2D eigenvalue weighted by molar-refractivity contribution is 7.53. The molecule has 2 aromatic rings. The third-order valence-corrected chi connectivity index (χ3v) is 14.6. The average Bonchev–Trinajstić information content (AvgIpc) is 3.35. The molecule has 0 aromatic heterocycles. The molecule has 0 amide bonds.